The standard InChI is InChI=1S/C12H13N3O5/c16-12(13-4-2-1-3-5-13)9-6-10(14(17)18)8-11(7-9)15(19)20/h6-8H,1-5H2. The van der Waals surface area contributed by atoms with Crippen LogP contribution in [0, 0.1) is 20.2 Å². The van der Waals surface area contributed by atoms with Gasteiger partial charge in [0.2, 0.25) is 0 Å². The van der Waals surface area contributed by atoms with Gasteiger partial charge in [-0.05, 0) is 19.3 Å². The number of nitro groups is 2. The molecule has 0 aromatic heterocycles. The summed E-state index contributed by atoms with van der Waals surface area (Å²) in [6, 6.07) is 3.03. The molecule has 0 spiro atoms. The molecule has 1 aliphatic rings. The maximum Gasteiger partial charge on any atom is 0.277 e. The van der Waals surface area contributed by atoms with Crippen molar-refractivity contribution in [3.05, 3.63) is 44.0 Å². The van der Waals surface area contributed by atoms with E-state index < -0.39 is 27.1 Å². The van der Waals surface area contributed by atoms with E-state index in [2.05, 4.69) is 0 Å². The predicted molar refractivity (Wildman–Crippen MR) is 69.5 cm³/mol. The second-order valence-electron chi connectivity index (χ2n) is 4.61. The summed E-state index contributed by atoms with van der Waals surface area (Å²) in [4.78, 5) is 33.9. The average Bonchev–Trinajstić information content (AvgIpc) is 2.46. The third kappa shape index (κ3) is 2.90. The quantitative estimate of drug-likeness (QED) is 0.622. The van der Waals surface area contributed by atoms with E-state index in [1.165, 1.54) is 0 Å². The fraction of sp³-hybridized carbons (Fsp3) is 0.417. The lowest BCUT2D eigenvalue weighted by atomic mass is 10.1. The number of likely N-dealkylation sites (tertiary alicyclic amines) is 1. The number of hydrogen-bond acceptors (Lipinski definition) is 5. The van der Waals surface area contributed by atoms with Crippen LogP contribution in [-0.4, -0.2) is 33.7 Å². The van der Waals surface area contributed by atoms with Gasteiger partial charge in [-0.1, -0.05) is 0 Å². The first-order chi connectivity index (χ1) is 9.49. The van der Waals surface area contributed by atoms with Gasteiger partial charge in [0.05, 0.1) is 21.5 Å². The molecule has 0 radical (unpaired) electrons. The van der Waals surface area contributed by atoms with Crippen LogP contribution in [0.5, 0.6) is 0 Å². The molecule has 0 saturated carbocycles. The summed E-state index contributed by atoms with van der Waals surface area (Å²) in [5.41, 5.74) is -0.896. The van der Waals surface area contributed by atoms with E-state index in [4.69, 9.17) is 0 Å². The van der Waals surface area contributed by atoms with E-state index in [-0.39, 0.29) is 5.56 Å². The van der Waals surface area contributed by atoms with Gasteiger partial charge < -0.3 is 4.90 Å². The van der Waals surface area contributed by atoms with Gasteiger partial charge in [0, 0.05) is 25.2 Å². The molecule has 0 N–H and O–H groups in total. The highest BCUT2D eigenvalue weighted by Gasteiger charge is 2.24. The largest absolute Gasteiger partial charge is 0.339 e. The summed E-state index contributed by atoms with van der Waals surface area (Å²) in [7, 11) is 0. The van der Waals surface area contributed by atoms with Crippen molar-refractivity contribution in [3.8, 4) is 0 Å². The summed E-state index contributed by atoms with van der Waals surface area (Å²) in [5.74, 6) is -0.392. The molecule has 0 atom stereocenters. The number of piperidine rings is 1. The molecular formula is C12H13N3O5. The monoisotopic (exact) mass is 279 g/mol. The average molecular weight is 279 g/mol. The van der Waals surface area contributed by atoms with Crippen LogP contribution in [0.1, 0.15) is 29.6 Å². The predicted octanol–water partition coefficient (Wildman–Crippen LogP) is 2.13. The molecule has 1 saturated heterocycles. The number of amides is 1. The van der Waals surface area contributed by atoms with E-state index >= 15 is 0 Å². The van der Waals surface area contributed by atoms with Gasteiger partial charge in [0.15, 0.2) is 0 Å². The number of benzene rings is 1. The van der Waals surface area contributed by atoms with Gasteiger partial charge >= 0.3 is 0 Å². The molecule has 106 valence electrons. The molecule has 20 heavy (non-hydrogen) atoms. The number of carbonyl (C=O) groups excluding carboxylic acids is 1. The Bertz CT molecular complexity index is 534. The lowest BCUT2D eigenvalue weighted by Crippen LogP contribution is -2.35. The summed E-state index contributed by atoms with van der Waals surface area (Å²) >= 11 is 0. The molecule has 0 unspecified atom stereocenters. The van der Waals surface area contributed by atoms with Crippen molar-refractivity contribution >= 4 is 17.3 Å². The minimum atomic E-state index is -0.736. The second kappa shape index (κ2) is 5.64. The number of non-ortho nitro benzene ring substituents is 2. The van der Waals surface area contributed by atoms with Crippen molar-refractivity contribution in [2.24, 2.45) is 0 Å². The molecule has 0 bridgehead atoms. The zero-order valence-corrected chi connectivity index (χ0v) is 10.7. The fourth-order valence-corrected chi connectivity index (χ4v) is 2.21. The number of nitro benzene ring substituents is 2. The van der Waals surface area contributed by atoms with Gasteiger partial charge in [-0.25, -0.2) is 0 Å². The van der Waals surface area contributed by atoms with Crippen LogP contribution < -0.4 is 0 Å². The lowest BCUT2D eigenvalue weighted by molar-refractivity contribution is -0.394. The van der Waals surface area contributed by atoms with Crippen LogP contribution in [0.25, 0.3) is 0 Å². The maximum absolute atomic E-state index is 12.2. The van der Waals surface area contributed by atoms with Gasteiger partial charge in [-0.2, -0.15) is 0 Å². The Morgan fingerprint density at radius 1 is 0.950 bits per heavy atom. The topological polar surface area (TPSA) is 107 Å². The SMILES string of the molecule is O=C(c1cc([N+](=O)[O-])cc([N+](=O)[O-])c1)N1CCCCC1. The number of nitrogens with zero attached hydrogens (tertiary/aromatic N) is 3. The van der Waals surface area contributed by atoms with E-state index in [1.54, 1.807) is 4.90 Å². The summed E-state index contributed by atoms with van der Waals surface area (Å²) in [6.07, 6.45) is 2.80. The van der Waals surface area contributed by atoms with Crippen molar-refractivity contribution < 1.29 is 14.6 Å². The van der Waals surface area contributed by atoms with E-state index in [9.17, 15) is 25.0 Å². The Balaban J connectivity index is 2.36. The molecule has 1 aliphatic heterocycles. The van der Waals surface area contributed by atoms with E-state index in [1.807, 2.05) is 0 Å². The van der Waals surface area contributed by atoms with Crippen molar-refractivity contribution in [3.63, 3.8) is 0 Å². The minimum Gasteiger partial charge on any atom is -0.339 e. The molecule has 8 heteroatoms. The van der Waals surface area contributed by atoms with Gasteiger partial charge in [-0.3, -0.25) is 25.0 Å². The van der Waals surface area contributed by atoms with E-state index in [0.717, 1.165) is 37.5 Å². The molecular weight excluding hydrogens is 266 g/mol. The molecule has 1 aromatic carbocycles. The van der Waals surface area contributed by atoms with Gasteiger partial charge in [0.1, 0.15) is 0 Å². The van der Waals surface area contributed by atoms with Crippen LogP contribution in [0.15, 0.2) is 18.2 Å². The maximum atomic E-state index is 12.2. The molecule has 1 aromatic rings. The summed E-state index contributed by atoms with van der Waals surface area (Å²) < 4.78 is 0. The fourth-order valence-electron chi connectivity index (χ4n) is 2.21. The van der Waals surface area contributed by atoms with E-state index in [0.29, 0.717) is 13.1 Å². The summed E-state index contributed by atoms with van der Waals surface area (Å²) in [6.45, 7) is 1.16. The highest BCUT2D eigenvalue weighted by Crippen LogP contribution is 2.24. The first-order valence-corrected chi connectivity index (χ1v) is 6.22. The zero-order valence-electron chi connectivity index (χ0n) is 10.7. The summed E-state index contributed by atoms with van der Waals surface area (Å²) in [5, 5.41) is 21.6. The smallest absolute Gasteiger partial charge is 0.277 e. The van der Waals surface area contributed by atoms with Gasteiger partial charge in [0.25, 0.3) is 17.3 Å². The van der Waals surface area contributed by atoms with Crippen LogP contribution in [0.4, 0.5) is 11.4 Å². The number of hydrogen-bond donors (Lipinski definition) is 0. The lowest BCUT2D eigenvalue weighted by Gasteiger charge is -2.26. The van der Waals surface area contributed by atoms with Crippen molar-refractivity contribution in [1.82, 2.24) is 4.90 Å². The van der Waals surface area contributed by atoms with Crippen molar-refractivity contribution in [2.45, 2.75) is 19.3 Å². The molecule has 2 rings (SSSR count). The Morgan fingerprint density at radius 2 is 1.45 bits per heavy atom. The van der Waals surface area contributed by atoms with Crippen LogP contribution in [-0.2, 0) is 0 Å². The molecule has 8 nitrogen and oxygen atoms in total. The third-order valence-electron chi connectivity index (χ3n) is 3.21. The molecule has 1 amide bonds. The first kappa shape index (κ1) is 13.9. The Hall–Kier alpha value is -2.51. The molecule has 1 fully saturated rings. The Kier molecular flexibility index (Phi) is 3.92. The van der Waals surface area contributed by atoms with Crippen molar-refractivity contribution in [1.29, 1.82) is 0 Å². The molecule has 1 heterocycles. The highest BCUT2D eigenvalue weighted by atomic mass is 16.6. The Morgan fingerprint density at radius 3 is 1.90 bits per heavy atom. The Labute approximate surface area is 114 Å². The molecule has 0 aliphatic carbocycles. The zero-order chi connectivity index (χ0) is 14.7. The first-order valence-electron chi connectivity index (χ1n) is 6.22. The van der Waals surface area contributed by atoms with Crippen molar-refractivity contribution in [2.75, 3.05) is 13.1 Å². The highest BCUT2D eigenvalue weighted by molar-refractivity contribution is 5.95. The number of rotatable bonds is 3. The van der Waals surface area contributed by atoms with Crippen LogP contribution in [0.3, 0.4) is 0 Å². The normalized spacial score (nSPS) is 14.9. The van der Waals surface area contributed by atoms with Crippen LogP contribution in [0.2, 0.25) is 0 Å². The second-order valence-corrected chi connectivity index (χ2v) is 4.61. The third-order valence-corrected chi connectivity index (χ3v) is 3.21. The van der Waals surface area contributed by atoms with Crippen LogP contribution >= 0.6 is 0 Å². The van der Waals surface area contributed by atoms with Gasteiger partial charge in [-0.15, -0.1) is 0 Å². The number of carbonyl (C=O) groups is 1. The minimum absolute atomic E-state index is 0.00667.